The fraction of sp³-hybridized carbons (Fsp3) is 0.350. The molecular formula is C20H21N3O5. The Bertz CT molecular complexity index is 992. The standard InChI is InChI=1S/C20H21N3O5/c1-26-11-7-8-16(27-2)12(9-11)18-17-14(5-4-6-15(17)24)22-19-13(20(25)28-3)10-21-23(18)19/h7-10,18,22H,4-6H2,1-3H3/t18-/m1/s1. The van der Waals surface area contributed by atoms with Gasteiger partial charge in [-0.15, -0.1) is 0 Å². The average Bonchev–Trinajstić information content (AvgIpc) is 3.15. The number of methoxy groups -OCH3 is 3. The summed E-state index contributed by atoms with van der Waals surface area (Å²) in [4.78, 5) is 25.1. The van der Waals surface area contributed by atoms with Crippen molar-refractivity contribution >= 4 is 17.6 Å². The van der Waals surface area contributed by atoms with Crippen molar-refractivity contribution in [1.29, 1.82) is 0 Å². The molecular weight excluding hydrogens is 362 g/mol. The van der Waals surface area contributed by atoms with Crippen molar-refractivity contribution in [3.63, 3.8) is 0 Å². The van der Waals surface area contributed by atoms with Gasteiger partial charge in [0.2, 0.25) is 0 Å². The lowest BCUT2D eigenvalue weighted by atomic mass is 9.85. The Balaban J connectivity index is 1.97. The molecule has 1 aromatic carbocycles. The molecule has 146 valence electrons. The molecule has 0 fully saturated rings. The number of ether oxygens (including phenoxy) is 3. The predicted octanol–water partition coefficient (Wildman–Crippen LogP) is 2.71. The molecule has 1 aliphatic carbocycles. The van der Waals surface area contributed by atoms with Crippen LogP contribution in [0.3, 0.4) is 0 Å². The van der Waals surface area contributed by atoms with Crippen molar-refractivity contribution in [3.05, 3.63) is 46.8 Å². The Morgan fingerprint density at radius 1 is 1.21 bits per heavy atom. The molecule has 2 aliphatic rings. The number of carbonyl (C=O) groups is 2. The first-order valence-corrected chi connectivity index (χ1v) is 9.00. The molecule has 2 heterocycles. The van der Waals surface area contributed by atoms with E-state index >= 15 is 0 Å². The summed E-state index contributed by atoms with van der Waals surface area (Å²) in [5, 5.41) is 7.66. The first-order valence-electron chi connectivity index (χ1n) is 9.00. The fourth-order valence-corrected chi connectivity index (χ4v) is 3.86. The van der Waals surface area contributed by atoms with E-state index in [1.807, 2.05) is 6.07 Å². The van der Waals surface area contributed by atoms with Crippen LogP contribution in [0.25, 0.3) is 0 Å². The molecule has 0 unspecified atom stereocenters. The van der Waals surface area contributed by atoms with Gasteiger partial charge < -0.3 is 19.5 Å². The maximum absolute atomic E-state index is 12.9. The minimum absolute atomic E-state index is 0.0596. The molecule has 4 rings (SSSR count). The van der Waals surface area contributed by atoms with Crippen molar-refractivity contribution in [3.8, 4) is 11.5 Å². The van der Waals surface area contributed by atoms with Gasteiger partial charge in [-0.05, 0) is 31.0 Å². The minimum Gasteiger partial charge on any atom is -0.497 e. The number of ketones is 1. The number of esters is 1. The van der Waals surface area contributed by atoms with Crippen molar-refractivity contribution < 1.29 is 23.8 Å². The molecule has 28 heavy (non-hydrogen) atoms. The van der Waals surface area contributed by atoms with Crippen LogP contribution in [0.4, 0.5) is 5.82 Å². The highest BCUT2D eigenvalue weighted by Gasteiger charge is 2.39. The molecule has 1 atom stereocenters. The fourth-order valence-electron chi connectivity index (χ4n) is 3.86. The number of allylic oxidation sites excluding steroid dienone is 2. The van der Waals surface area contributed by atoms with Gasteiger partial charge in [-0.2, -0.15) is 5.10 Å². The van der Waals surface area contributed by atoms with Crippen LogP contribution in [-0.2, 0) is 9.53 Å². The van der Waals surface area contributed by atoms with Crippen LogP contribution in [-0.4, -0.2) is 42.9 Å². The van der Waals surface area contributed by atoms with Crippen LogP contribution >= 0.6 is 0 Å². The number of fused-ring (bicyclic) bond motifs is 1. The third-order valence-electron chi connectivity index (χ3n) is 5.18. The second-order valence-corrected chi connectivity index (χ2v) is 6.65. The molecule has 0 saturated heterocycles. The number of carbonyl (C=O) groups excluding carboxylic acids is 2. The number of hydrogen-bond donors (Lipinski definition) is 1. The number of rotatable bonds is 4. The van der Waals surface area contributed by atoms with E-state index in [0.29, 0.717) is 34.9 Å². The highest BCUT2D eigenvalue weighted by atomic mass is 16.5. The molecule has 8 heteroatoms. The summed E-state index contributed by atoms with van der Waals surface area (Å²) in [6.07, 6.45) is 3.41. The van der Waals surface area contributed by atoms with Gasteiger partial charge >= 0.3 is 5.97 Å². The molecule has 8 nitrogen and oxygen atoms in total. The third-order valence-corrected chi connectivity index (χ3v) is 5.18. The summed E-state index contributed by atoms with van der Waals surface area (Å²) in [6, 6.07) is 4.91. The number of hydrogen-bond acceptors (Lipinski definition) is 7. The van der Waals surface area contributed by atoms with E-state index in [4.69, 9.17) is 14.2 Å². The van der Waals surface area contributed by atoms with E-state index in [9.17, 15) is 9.59 Å². The monoisotopic (exact) mass is 383 g/mol. The zero-order chi connectivity index (χ0) is 19.8. The lowest BCUT2D eigenvalue weighted by molar-refractivity contribution is -0.116. The Morgan fingerprint density at radius 2 is 2.04 bits per heavy atom. The Hall–Kier alpha value is -3.29. The number of nitrogens with one attached hydrogen (secondary N) is 1. The molecule has 0 saturated carbocycles. The van der Waals surface area contributed by atoms with Gasteiger partial charge in [0.1, 0.15) is 28.9 Å². The van der Waals surface area contributed by atoms with Crippen LogP contribution in [0.5, 0.6) is 11.5 Å². The Morgan fingerprint density at radius 3 is 2.75 bits per heavy atom. The Kier molecular flexibility index (Phi) is 4.54. The van der Waals surface area contributed by atoms with Gasteiger partial charge in [0.05, 0.1) is 27.5 Å². The summed E-state index contributed by atoms with van der Waals surface area (Å²) in [5.41, 5.74) is 2.51. The smallest absolute Gasteiger partial charge is 0.343 e. The zero-order valence-electron chi connectivity index (χ0n) is 15.9. The SMILES string of the molecule is COC(=O)c1cnn2c1NC1=C(C(=O)CCC1)[C@H]2c1cc(OC)ccc1OC. The number of aromatic nitrogens is 2. The number of Topliss-reactive ketones (excluding diaryl/α,β-unsaturated/α-hetero) is 1. The molecule has 2 aromatic rings. The number of nitrogens with zero attached hydrogens (tertiary/aromatic N) is 2. The summed E-state index contributed by atoms with van der Waals surface area (Å²) in [7, 11) is 4.49. The summed E-state index contributed by atoms with van der Waals surface area (Å²) in [5.74, 6) is 1.33. The van der Waals surface area contributed by atoms with Gasteiger partial charge in [-0.1, -0.05) is 0 Å². The lowest BCUT2D eigenvalue weighted by Gasteiger charge is -2.34. The predicted molar refractivity (Wildman–Crippen MR) is 101 cm³/mol. The van der Waals surface area contributed by atoms with Crippen LogP contribution in [0, 0.1) is 0 Å². The van der Waals surface area contributed by atoms with Gasteiger partial charge in [-0.25, -0.2) is 9.48 Å². The third kappa shape index (κ3) is 2.72. The molecule has 1 aromatic heterocycles. The van der Waals surface area contributed by atoms with E-state index < -0.39 is 12.0 Å². The van der Waals surface area contributed by atoms with E-state index in [0.717, 1.165) is 24.1 Å². The summed E-state index contributed by atoms with van der Waals surface area (Å²) in [6.45, 7) is 0. The summed E-state index contributed by atoms with van der Waals surface area (Å²) < 4.78 is 17.5. The minimum atomic E-state index is -0.525. The largest absolute Gasteiger partial charge is 0.497 e. The van der Waals surface area contributed by atoms with E-state index in [2.05, 4.69) is 10.4 Å². The molecule has 1 aliphatic heterocycles. The van der Waals surface area contributed by atoms with Crippen molar-refractivity contribution in [2.24, 2.45) is 0 Å². The zero-order valence-corrected chi connectivity index (χ0v) is 15.9. The van der Waals surface area contributed by atoms with Crippen molar-refractivity contribution in [1.82, 2.24) is 9.78 Å². The Labute approximate surface area is 162 Å². The normalized spacial score (nSPS) is 18.1. The average molecular weight is 383 g/mol. The van der Waals surface area contributed by atoms with Crippen LogP contribution in [0.15, 0.2) is 35.7 Å². The van der Waals surface area contributed by atoms with Crippen LogP contribution < -0.4 is 14.8 Å². The van der Waals surface area contributed by atoms with Crippen LogP contribution in [0.1, 0.15) is 41.2 Å². The van der Waals surface area contributed by atoms with E-state index in [-0.39, 0.29) is 5.78 Å². The molecule has 0 radical (unpaired) electrons. The summed E-state index contributed by atoms with van der Waals surface area (Å²) >= 11 is 0. The second-order valence-electron chi connectivity index (χ2n) is 6.65. The lowest BCUT2D eigenvalue weighted by Crippen LogP contribution is -2.32. The van der Waals surface area contributed by atoms with Crippen molar-refractivity contribution in [2.45, 2.75) is 25.3 Å². The quantitative estimate of drug-likeness (QED) is 0.812. The van der Waals surface area contributed by atoms with Crippen LogP contribution in [0.2, 0.25) is 0 Å². The first-order chi connectivity index (χ1) is 13.6. The molecule has 0 spiro atoms. The molecule has 0 amide bonds. The second kappa shape index (κ2) is 7.03. The van der Waals surface area contributed by atoms with Gasteiger partial charge in [-0.3, -0.25) is 4.79 Å². The number of anilines is 1. The van der Waals surface area contributed by atoms with Crippen molar-refractivity contribution in [2.75, 3.05) is 26.6 Å². The first kappa shape index (κ1) is 18.1. The maximum Gasteiger partial charge on any atom is 0.343 e. The van der Waals surface area contributed by atoms with Gasteiger partial charge in [0.15, 0.2) is 5.78 Å². The van der Waals surface area contributed by atoms with E-state index in [1.54, 1.807) is 31.0 Å². The highest BCUT2D eigenvalue weighted by molar-refractivity contribution is 6.01. The molecule has 1 N–H and O–H groups in total. The number of benzene rings is 1. The topological polar surface area (TPSA) is 91.7 Å². The van der Waals surface area contributed by atoms with Gasteiger partial charge in [0, 0.05) is 23.3 Å². The maximum atomic E-state index is 12.9. The van der Waals surface area contributed by atoms with Gasteiger partial charge in [0.25, 0.3) is 0 Å². The highest BCUT2D eigenvalue weighted by Crippen LogP contribution is 2.44. The molecule has 0 bridgehead atoms. The van der Waals surface area contributed by atoms with E-state index in [1.165, 1.54) is 13.3 Å².